The van der Waals surface area contributed by atoms with Gasteiger partial charge in [-0.2, -0.15) is 0 Å². The number of hydrogen-bond acceptors (Lipinski definition) is 3. The van der Waals surface area contributed by atoms with Crippen LogP contribution in [-0.4, -0.2) is 25.3 Å². The molecule has 1 aromatic heterocycles. The first-order chi connectivity index (χ1) is 6.92. The molecule has 0 bridgehead atoms. The van der Waals surface area contributed by atoms with Crippen LogP contribution >= 0.6 is 27.5 Å². The number of nitrogens with one attached hydrogen (secondary N) is 1. The largest absolute Gasteiger partial charge is 0.262 e. The van der Waals surface area contributed by atoms with Crippen LogP contribution in [-0.2, 0) is 10.0 Å². The Labute approximate surface area is 102 Å². The summed E-state index contributed by atoms with van der Waals surface area (Å²) in [5.74, 6) is 0. The second kappa shape index (κ2) is 5.25. The van der Waals surface area contributed by atoms with Crippen LogP contribution in [0.15, 0.2) is 27.8 Å². The van der Waals surface area contributed by atoms with Crippen molar-refractivity contribution in [3.8, 4) is 0 Å². The van der Waals surface area contributed by atoms with Crippen LogP contribution in [0, 0.1) is 0 Å². The minimum Gasteiger partial charge on any atom is -0.262 e. The maximum absolute atomic E-state index is 11.7. The Morgan fingerprint density at radius 1 is 1.60 bits per heavy atom. The summed E-state index contributed by atoms with van der Waals surface area (Å²) in [6.07, 6.45) is 2.80. The molecule has 1 heterocycles. The first-order valence-electron chi connectivity index (χ1n) is 4.16. The molecule has 0 aromatic carbocycles. The summed E-state index contributed by atoms with van der Waals surface area (Å²) in [7, 11) is -3.50. The molecule has 1 atom stereocenters. The van der Waals surface area contributed by atoms with Crippen molar-refractivity contribution < 1.29 is 8.42 Å². The molecule has 0 saturated carbocycles. The molecule has 1 rings (SSSR count). The van der Waals surface area contributed by atoms with E-state index in [1.54, 1.807) is 6.92 Å². The second-order valence-corrected chi connectivity index (χ2v) is 6.40. The van der Waals surface area contributed by atoms with Gasteiger partial charge in [-0.3, -0.25) is 4.98 Å². The molecular weight excluding hydrogens is 304 g/mol. The Bertz CT molecular complexity index is 436. The van der Waals surface area contributed by atoms with Crippen molar-refractivity contribution >= 4 is 37.6 Å². The van der Waals surface area contributed by atoms with Gasteiger partial charge in [0.25, 0.3) is 0 Å². The van der Waals surface area contributed by atoms with Crippen LogP contribution in [0.5, 0.6) is 0 Å². The fourth-order valence-corrected chi connectivity index (χ4v) is 2.65. The van der Waals surface area contributed by atoms with Crippen molar-refractivity contribution in [2.45, 2.75) is 17.2 Å². The van der Waals surface area contributed by atoms with E-state index in [1.807, 2.05) is 0 Å². The van der Waals surface area contributed by atoms with Gasteiger partial charge in [-0.25, -0.2) is 13.1 Å². The molecule has 0 radical (unpaired) electrons. The lowest BCUT2D eigenvalue weighted by atomic mass is 10.5. The molecule has 84 valence electrons. The number of sulfonamides is 1. The Kier molecular flexibility index (Phi) is 4.51. The minimum absolute atomic E-state index is 0.120. The predicted molar refractivity (Wildman–Crippen MR) is 62.4 cm³/mol. The van der Waals surface area contributed by atoms with Gasteiger partial charge in [0.05, 0.1) is 0 Å². The maximum Gasteiger partial charge on any atom is 0.242 e. The third-order valence-electron chi connectivity index (χ3n) is 1.54. The average Bonchev–Trinajstić information content (AvgIpc) is 2.15. The highest BCUT2D eigenvalue weighted by Crippen LogP contribution is 2.13. The Morgan fingerprint density at radius 2 is 2.27 bits per heavy atom. The van der Waals surface area contributed by atoms with Crippen LogP contribution < -0.4 is 4.72 Å². The fraction of sp³-hybridized carbons (Fsp3) is 0.375. The number of halogens is 2. The monoisotopic (exact) mass is 312 g/mol. The summed E-state index contributed by atoms with van der Waals surface area (Å²) < 4.78 is 26.3. The number of pyridine rings is 1. The number of rotatable bonds is 4. The lowest BCUT2D eigenvalue weighted by Crippen LogP contribution is -2.28. The van der Waals surface area contributed by atoms with Gasteiger partial charge in [0.1, 0.15) is 4.90 Å². The Morgan fingerprint density at radius 3 is 2.80 bits per heavy atom. The summed E-state index contributed by atoms with van der Waals surface area (Å²) >= 11 is 8.80. The minimum atomic E-state index is -3.50. The standard InChI is InChI=1S/C8H10BrClN2O2S/c1-6(10)3-12-15(13,14)8-2-7(9)4-11-5-8/h2,4-6,12H,3H2,1H3. The molecule has 0 amide bonds. The summed E-state index contributed by atoms with van der Waals surface area (Å²) in [6.45, 7) is 1.90. The van der Waals surface area contributed by atoms with E-state index in [4.69, 9.17) is 11.6 Å². The van der Waals surface area contributed by atoms with Crippen molar-refractivity contribution in [2.75, 3.05) is 6.54 Å². The van der Waals surface area contributed by atoms with E-state index in [2.05, 4.69) is 25.6 Å². The molecular formula is C8H10BrClN2O2S. The molecule has 7 heteroatoms. The lowest BCUT2D eigenvalue weighted by Gasteiger charge is -2.07. The first-order valence-corrected chi connectivity index (χ1v) is 6.87. The maximum atomic E-state index is 11.7. The summed E-state index contributed by atoms with van der Waals surface area (Å²) in [6, 6.07) is 1.48. The topological polar surface area (TPSA) is 59.1 Å². The average molecular weight is 314 g/mol. The highest BCUT2D eigenvalue weighted by molar-refractivity contribution is 9.10. The van der Waals surface area contributed by atoms with E-state index >= 15 is 0 Å². The normalized spacial score (nSPS) is 13.8. The van der Waals surface area contributed by atoms with Gasteiger partial charge in [0.15, 0.2) is 0 Å². The zero-order valence-corrected chi connectivity index (χ0v) is 11.1. The smallest absolute Gasteiger partial charge is 0.242 e. The second-order valence-electron chi connectivity index (χ2n) is 2.97. The highest BCUT2D eigenvalue weighted by Gasteiger charge is 2.14. The van der Waals surface area contributed by atoms with Crippen LogP contribution in [0.2, 0.25) is 0 Å². The zero-order valence-electron chi connectivity index (χ0n) is 7.94. The summed E-state index contributed by atoms with van der Waals surface area (Å²) in [5, 5.41) is -0.250. The third-order valence-corrected chi connectivity index (χ3v) is 3.52. The van der Waals surface area contributed by atoms with E-state index in [0.717, 1.165) is 0 Å². The quantitative estimate of drug-likeness (QED) is 0.862. The molecule has 0 aliphatic rings. The van der Waals surface area contributed by atoms with Crippen molar-refractivity contribution in [1.29, 1.82) is 0 Å². The fourth-order valence-electron chi connectivity index (χ4n) is 0.847. The van der Waals surface area contributed by atoms with Gasteiger partial charge >= 0.3 is 0 Å². The number of aromatic nitrogens is 1. The third kappa shape index (κ3) is 4.06. The van der Waals surface area contributed by atoms with Crippen molar-refractivity contribution in [3.63, 3.8) is 0 Å². The van der Waals surface area contributed by atoms with Crippen LogP contribution in [0.4, 0.5) is 0 Å². The van der Waals surface area contributed by atoms with Gasteiger partial charge in [-0.1, -0.05) is 0 Å². The van der Waals surface area contributed by atoms with Crippen LogP contribution in [0.25, 0.3) is 0 Å². The van der Waals surface area contributed by atoms with Crippen molar-refractivity contribution in [3.05, 3.63) is 22.9 Å². The van der Waals surface area contributed by atoms with E-state index in [0.29, 0.717) is 4.47 Å². The molecule has 0 aliphatic carbocycles. The lowest BCUT2D eigenvalue weighted by molar-refractivity contribution is 0.580. The summed E-state index contributed by atoms with van der Waals surface area (Å²) in [4.78, 5) is 3.90. The van der Waals surface area contributed by atoms with Gasteiger partial charge in [-0.05, 0) is 28.9 Å². The van der Waals surface area contributed by atoms with Gasteiger partial charge in [-0.15, -0.1) is 11.6 Å². The molecule has 15 heavy (non-hydrogen) atoms. The van der Waals surface area contributed by atoms with Gasteiger partial charge in [0.2, 0.25) is 10.0 Å². The number of alkyl halides is 1. The summed E-state index contributed by atoms with van der Waals surface area (Å²) in [5.41, 5.74) is 0. The Balaban J connectivity index is 2.87. The van der Waals surface area contributed by atoms with E-state index in [1.165, 1.54) is 18.5 Å². The number of hydrogen-bond donors (Lipinski definition) is 1. The molecule has 1 unspecified atom stereocenters. The van der Waals surface area contributed by atoms with E-state index in [9.17, 15) is 8.42 Å². The van der Waals surface area contributed by atoms with Crippen LogP contribution in [0.3, 0.4) is 0 Å². The van der Waals surface area contributed by atoms with Crippen molar-refractivity contribution in [2.24, 2.45) is 0 Å². The molecule has 0 aliphatic heterocycles. The predicted octanol–water partition coefficient (Wildman–Crippen LogP) is 1.75. The Hall–Kier alpha value is -0.170. The molecule has 0 spiro atoms. The van der Waals surface area contributed by atoms with Crippen molar-refractivity contribution in [1.82, 2.24) is 9.71 Å². The molecule has 0 fully saturated rings. The van der Waals surface area contributed by atoms with Gasteiger partial charge < -0.3 is 0 Å². The SMILES string of the molecule is CC(Cl)CNS(=O)(=O)c1cncc(Br)c1. The highest BCUT2D eigenvalue weighted by atomic mass is 79.9. The van der Waals surface area contributed by atoms with Gasteiger partial charge in [0, 0.05) is 28.8 Å². The molecule has 4 nitrogen and oxygen atoms in total. The molecule has 1 aromatic rings. The number of nitrogens with zero attached hydrogens (tertiary/aromatic N) is 1. The zero-order chi connectivity index (χ0) is 11.5. The van der Waals surface area contributed by atoms with E-state index in [-0.39, 0.29) is 16.8 Å². The molecule has 1 N–H and O–H groups in total. The van der Waals surface area contributed by atoms with E-state index < -0.39 is 10.0 Å². The molecule has 0 saturated heterocycles. The first kappa shape index (κ1) is 12.9. The van der Waals surface area contributed by atoms with Crippen LogP contribution in [0.1, 0.15) is 6.92 Å².